The van der Waals surface area contributed by atoms with Crippen molar-refractivity contribution in [1.29, 1.82) is 5.26 Å². The van der Waals surface area contributed by atoms with Crippen LogP contribution in [0.3, 0.4) is 0 Å². The van der Waals surface area contributed by atoms with Gasteiger partial charge in [-0.2, -0.15) is 5.26 Å². The zero-order valence-corrected chi connectivity index (χ0v) is 13.5. The van der Waals surface area contributed by atoms with Crippen LogP contribution in [0.4, 0.5) is 17.1 Å². The van der Waals surface area contributed by atoms with Gasteiger partial charge in [-0.1, -0.05) is 6.07 Å². The van der Waals surface area contributed by atoms with Crippen molar-refractivity contribution in [3.05, 3.63) is 54.1 Å². The Kier molecular flexibility index (Phi) is 5.53. The van der Waals surface area contributed by atoms with E-state index in [1.807, 2.05) is 31.1 Å². The van der Waals surface area contributed by atoms with Crippen LogP contribution in [0, 0.1) is 11.3 Å². The van der Waals surface area contributed by atoms with Crippen molar-refractivity contribution in [3.8, 4) is 6.07 Å². The topological polar surface area (TPSA) is 85.2 Å². The summed E-state index contributed by atoms with van der Waals surface area (Å²) in [5.41, 5.74) is 2.63. The summed E-state index contributed by atoms with van der Waals surface area (Å²) >= 11 is 0. The van der Waals surface area contributed by atoms with Crippen LogP contribution in [0.25, 0.3) is 0 Å². The molecule has 24 heavy (non-hydrogen) atoms. The molecule has 0 radical (unpaired) electrons. The van der Waals surface area contributed by atoms with E-state index in [4.69, 9.17) is 5.26 Å². The standard InChI is InChI=1S/C18H18N4O2/c1-22(2)16-8-6-13(7-9-16)18(24)21-15-5-3-4-14(12-15)20-17(23)10-11-19/h3-9,12H,10H2,1-2H3,(H,20,23)(H,21,24). The summed E-state index contributed by atoms with van der Waals surface area (Å²) in [5, 5.41) is 13.9. The van der Waals surface area contributed by atoms with E-state index in [0.29, 0.717) is 16.9 Å². The second kappa shape index (κ2) is 7.79. The first-order valence-corrected chi connectivity index (χ1v) is 7.35. The first-order chi connectivity index (χ1) is 11.5. The first-order valence-electron chi connectivity index (χ1n) is 7.35. The van der Waals surface area contributed by atoms with Crippen LogP contribution in [-0.4, -0.2) is 25.9 Å². The van der Waals surface area contributed by atoms with Gasteiger partial charge in [0.1, 0.15) is 6.42 Å². The van der Waals surface area contributed by atoms with Gasteiger partial charge in [0, 0.05) is 36.7 Å². The highest BCUT2D eigenvalue weighted by molar-refractivity contribution is 6.05. The zero-order chi connectivity index (χ0) is 17.5. The second-order valence-electron chi connectivity index (χ2n) is 5.36. The van der Waals surface area contributed by atoms with Crippen LogP contribution >= 0.6 is 0 Å². The van der Waals surface area contributed by atoms with Crippen LogP contribution in [-0.2, 0) is 4.79 Å². The SMILES string of the molecule is CN(C)c1ccc(C(=O)Nc2cccc(NC(=O)CC#N)c2)cc1. The van der Waals surface area contributed by atoms with E-state index in [1.54, 1.807) is 42.5 Å². The average molecular weight is 322 g/mol. The van der Waals surface area contributed by atoms with Gasteiger partial charge in [-0.05, 0) is 42.5 Å². The molecule has 0 spiro atoms. The largest absolute Gasteiger partial charge is 0.378 e. The Morgan fingerprint density at radius 3 is 2.25 bits per heavy atom. The Labute approximate surface area is 140 Å². The minimum absolute atomic E-state index is 0.213. The lowest BCUT2D eigenvalue weighted by Gasteiger charge is -2.13. The molecule has 0 saturated carbocycles. The molecule has 6 heteroatoms. The van der Waals surface area contributed by atoms with E-state index >= 15 is 0 Å². The van der Waals surface area contributed by atoms with Gasteiger partial charge in [-0.3, -0.25) is 9.59 Å². The molecule has 2 amide bonds. The summed E-state index contributed by atoms with van der Waals surface area (Å²) < 4.78 is 0. The van der Waals surface area contributed by atoms with Gasteiger partial charge >= 0.3 is 0 Å². The third kappa shape index (κ3) is 4.58. The van der Waals surface area contributed by atoms with Crippen molar-refractivity contribution in [3.63, 3.8) is 0 Å². The fourth-order valence-electron chi connectivity index (χ4n) is 2.07. The van der Waals surface area contributed by atoms with Gasteiger partial charge in [0.15, 0.2) is 0 Å². The smallest absolute Gasteiger partial charge is 0.255 e. The number of hydrogen-bond donors (Lipinski definition) is 2. The van der Waals surface area contributed by atoms with E-state index in [0.717, 1.165) is 5.69 Å². The van der Waals surface area contributed by atoms with Crippen molar-refractivity contribution < 1.29 is 9.59 Å². The molecular weight excluding hydrogens is 304 g/mol. The second-order valence-corrected chi connectivity index (χ2v) is 5.36. The number of benzene rings is 2. The molecule has 0 atom stereocenters. The van der Waals surface area contributed by atoms with Crippen LogP contribution in [0.5, 0.6) is 0 Å². The van der Waals surface area contributed by atoms with Crippen LogP contribution < -0.4 is 15.5 Å². The van der Waals surface area contributed by atoms with Crippen molar-refractivity contribution >= 4 is 28.9 Å². The maximum atomic E-state index is 12.3. The lowest BCUT2D eigenvalue weighted by molar-refractivity contribution is -0.115. The normalized spacial score (nSPS) is 9.71. The Morgan fingerprint density at radius 1 is 1.04 bits per heavy atom. The Morgan fingerprint density at radius 2 is 1.67 bits per heavy atom. The predicted molar refractivity (Wildman–Crippen MR) is 94.0 cm³/mol. The van der Waals surface area contributed by atoms with Crippen molar-refractivity contribution in [1.82, 2.24) is 0 Å². The molecule has 2 rings (SSSR count). The molecule has 0 bridgehead atoms. The third-order valence-corrected chi connectivity index (χ3v) is 3.29. The summed E-state index contributed by atoms with van der Waals surface area (Å²) in [6, 6.07) is 15.8. The number of nitrogens with one attached hydrogen (secondary N) is 2. The monoisotopic (exact) mass is 322 g/mol. The molecule has 0 unspecified atom stereocenters. The van der Waals surface area contributed by atoms with Crippen molar-refractivity contribution in [2.24, 2.45) is 0 Å². The van der Waals surface area contributed by atoms with Crippen LogP contribution in [0.15, 0.2) is 48.5 Å². The summed E-state index contributed by atoms with van der Waals surface area (Å²) in [5.74, 6) is -0.624. The number of carbonyl (C=O) groups is 2. The summed E-state index contributed by atoms with van der Waals surface area (Å²) in [6.07, 6.45) is -0.213. The molecule has 0 saturated heterocycles. The number of hydrogen-bond acceptors (Lipinski definition) is 4. The fraction of sp³-hybridized carbons (Fsp3) is 0.167. The van der Waals surface area contributed by atoms with Gasteiger partial charge in [0.25, 0.3) is 5.91 Å². The van der Waals surface area contributed by atoms with E-state index in [-0.39, 0.29) is 18.2 Å². The van der Waals surface area contributed by atoms with Gasteiger partial charge in [-0.15, -0.1) is 0 Å². The third-order valence-electron chi connectivity index (χ3n) is 3.29. The number of amides is 2. The quantitative estimate of drug-likeness (QED) is 0.886. The predicted octanol–water partition coefficient (Wildman–Crippen LogP) is 2.86. The molecule has 0 aliphatic heterocycles. The maximum absolute atomic E-state index is 12.3. The van der Waals surface area contributed by atoms with Crippen LogP contribution in [0.1, 0.15) is 16.8 Å². The summed E-state index contributed by atoms with van der Waals surface area (Å²) in [6.45, 7) is 0. The first kappa shape index (κ1) is 17.0. The number of nitrogens with zero attached hydrogens (tertiary/aromatic N) is 2. The summed E-state index contributed by atoms with van der Waals surface area (Å²) in [7, 11) is 3.86. The summed E-state index contributed by atoms with van der Waals surface area (Å²) in [4.78, 5) is 25.7. The lowest BCUT2D eigenvalue weighted by atomic mass is 10.2. The highest BCUT2D eigenvalue weighted by Crippen LogP contribution is 2.17. The van der Waals surface area contributed by atoms with Crippen molar-refractivity contribution in [2.75, 3.05) is 29.6 Å². The van der Waals surface area contributed by atoms with Gasteiger partial charge in [0.2, 0.25) is 5.91 Å². The Hall–Kier alpha value is -3.33. The minimum Gasteiger partial charge on any atom is -0.378 e. The number of rotatable bonds is 5. The van der Waals surface area contributed by atoms with Crippen molar-refractivity contribution in [2.45, 2.75) is 6.42 Å². The van der Waals surface area contributed by atoms with E-state index < -0.39 is 0 Å². The minimum atomic E-state index is -0.389. The molecule has 122 valence electrons. The lowest BCUT2D eigenvalue weighted by Crippen LogP contribution is -2.14. The Balaban J connectivity index is 2.06. The molecule has 2 aromatic rings. The number of carbonyl (C=O) groups excluding carboxylic acids is 2. The molecule has 0 fully saturated rings. The number of nitriles is 1. The van der Waals surface area contributed by atoms with Crippen LogP contribution in [0.2, 0.25) is 0 Å². The fourth-order valence-corrected chi connectivity index (χ4v) is 2.07. The molecule has 0 aliphatic carbocycles. The zero-order valence-electron chi connectivity index (χ0n) is 13.5. The van der Waals surface area contributed by atoms with E-state index in [1.165, 1.54) is 0 Å². The molecular formula is C18H18N4O2. The van der Waals surface area contributed by atoms with Gasteiger partial charge in [-0.25, -0.2) is 0 Å². The van der Waals surface area contributed by atoms with Gasteiger partial charge < -0.3 is 15.5 Å². The Bertz CT molecular complexity index is 776. The highest BCUT2D eigenvalue weighted by Gasteiger charge is 2.08. The molecule has 0 heterocycles. The molecule has 2 aromatic carbocycles. The molecule has 0 aromatic heterocycles. The average Bonchev–Trinajstić information content (AvgIpc) is 2.55. The van der Waals surface area contributed by atoms with E-state index in [2.05, 4.69) is 10.6 Å². The molecule has 6 nitrogen and oxygen atoms in total. The van der Waals surface area contributed by atoms with E-state index in [9.17, 15) is 9.59 Å². The van der Waals surface area contributed by atoms with Gasteiger partial charge in [0.05, 0.1) is 6.07 Å². The highest BCUT2D eigenvalue weighted by atomic mass is 16.2. The number of anilines is 3. The maximum Gasteiger partial charge on any atom is 0.255 e. The molecule has 0 aliphatic rings. The molecule has 2 N–H and O–H groups in total.